The number of para-hydroxylation sites is 2. The maximum Gasteiger partial charge on any atom is 0.110 e. The maximum atomic E-state index is 6.08. The van der Waals surface area contributed by atoms with E-state index < -0.39 is 0 Å². The van der Waals surface area contributed by atoms with Crippen molar-refractivity contribution in [2.24, 2.45) is 5.73 Å². The minimum absolute atomic E-state index is 0.0765. The molecule has 1 aromatic carbocycles. The standard InChI is InChI=1S/C17H20N4/c1-2-6-17-20-14-8-3-4-9-15(14)21(17)16(11-18)13-7-5-10-19-12-13/h3-5,7-10,12,16H,2,6,11,18H2,1H3. The van der Waals surface area contributed by atoms with Crippen LogP contribution in [-0.4, -0.2) is 21.1 Å². The van der Waals surface area contributed by atoms with E-state index in [4.69, 9.17) is 10.7 Å². The molecule has 0 radical (unpaired) electrons. The zero-order valence-electron chi connectivity index (χ0n) is 12.2. The molecular formula is C17H20N4. The lowest BCUT2D eigenvalue weighted by Crippen LogP contribution is -2.22. The van der Waals surface area contributed by atoms with Gasteiger partial charge in [0, 0.05) is 25.4 Å². The second-order valence-corrected chi connectivity index (χ2v) is 5.17. The van der Waals surface area contributed by atoms with Gasteiger partial charge in [0.05, 0.1) is 17.1 Å². The third-order valence-corrected chi connectivity index (χ3v) is 3.75. The van der Waals surface area contributed by atoms with E-state index in [0.29, 0.717) is 6.54 Å². The second kappa shape index (κ2) is 6.06. The largest absolute Gasteiger partial charge is 0.328 e. The molecule has 0 aliphatic rings. The molecular weight excluding hydrogens is 260 g/mol. The Labute approximate surface area is 124 Å². The normalized spacial score (nSPS) is 12.7. The van der Waals surface area contributed by atoms with Gasteiger partial charge >= 0.3 is 0 Å². The zero-order chi connectivity index (χ0) is 14.7. The first kappa shape index (κ1) is 13.8. The number of imidazole rings is 1. The summed E-state index contributed by atoms with van der Waals surface area (Å²) < 4.78 is 2.27. The molecule has 108 valence electrons. The van der Waals surface area contributed by atoms with Crippen molar-refractivity contribution in [2.75, 3.05) is 6.54 Å². The molecule has 4 nitrogen and oxygen atoms in total. The molecule has 1 unspecified atom stereocenters. The van der Waals surface area contributed by atoms with Gasteiger partial charge in [-0.05, 0) is 30.2 Å². The average Bonchev–Trinajstić information content (AvgIpc) is 2.88. The van der Waals surface area contributed by atoms with Crippen LogP contribution in [-0.2, 0) is 6.42 Å². The Hall–Kier alpha value is -2.20. The van der Waals surface area contributed by atoms with Crippen LogP contribution in [0.1, 0.15) is 30.8 Å². The number of benzene rings is 1. The lowest BCUT2D eigenvalue weighted by atomic mass is 10.1. The Morgan fingerprint density at radius 1 is 1.19 bits per heavy atom. The van der Waals surface area contributed by atoms with E-state index in [1.807, 2.05) is 24.4 Å². The van der Waals surface area contributed by atoms with Gasteiger partial charge in [-0.15, -0.1) is 0 Å². The molecule has 2 heterocycles. The van der Waals surface area contributed by atoms with Gasteiger partial charge in [-0.25, -0.2) is 4.98 Å². The van der Waals surface area contributed by atoms with Crippen LogP contribution in [0.25, 0.3) is 11.0 Å². The molecule has 4 heteroatoms. The Balaban J connectivity index is 2.18. The molecule has 2 aromatic heterocycles. The molecule has 0 aliphatic heterocycles. The zero-order valence-corrected chi connectivity index (χ0v) is 12.2. The maximum absolute atomic E-state index is 6.08. The summed E-state index contributed by atoms with van der Waals surface area (Å²) in [7, 11) is 0. The van der Waals surface area contributed by atoms with Gasteiger partial charge in [0.2, 0.25) is 0 Å². The second-order valence-electron chi connectivity index (χ2n) is 5.17. The predicted octanol–water partition coefficient (Wildman–Crippen LogP) is 2.93. The van der Waals surface area contributed by atoms with Crippen molar-refractivity contribution >= 4 is 11.0 Å². The van der Waals surface area contributed by atoms with E-state index in [1.54, 1.807) is 6.20 Å². The van der Waals surface area contributed by atoms with Crippen LogP contribution in [0.5, 0.6) is 0 Å². The van der Waals surface area contributed by atoms with Crippen LogP contribution in [0.15, 0.2) is 48.8 Å². The van der Waals surface area contributed by atoms with Crippen molar-refractivity contribution in [1.29, 1.82) is 0 Å². The molecule has 3 aromatic rings. The van der Waals surface area contributed by atoms with Crippen LogP contribution >= 0.6 is 0 Å². The summed E-state index contributed by atoms with van der Waals surface area (Å²) >= 11 is 0. The van der Waals surface area contributed by atoms with Gasteiger partial charge in [0.1, 0.15) is 5.82 Å². The van der Waals surface area contributed by atoms with E-state index >= 15 is 0 Å². The predicted molar refractivity (Wildman–Crippen MR) is 85.2 cm³/mol. The Kier molecular flexibility index (Phi) is 3.97. The molecule has 0 amide bonds. The fourth-order valence-corrected chi connectivity index (χ4v) is 2.81. The molecule has 0 saturated carbocycles. The molecule has 0 aliphatic carbocycles. The summed E-state index contributed by atoms with van der Waals surface area (Å²) in [5.41, 5.74) is 9.37. The topological polar surface area (TPSA) is 56.7 Å². The summed E-state index contributed by atoms with van der Waals surface area (Å²) in [5.74, 6) is 1.10. The number of fused-ring (bicyclic) bond motifs is 1. The monoisotopic (exact) mass is 280 g/mol. The highest BCUT2D eigenvalue weighted by Gasteiger charge is 2.19. The van der Waals surface area contributed by atoms with E-state index in [2.05, 4.69) is 34.7 Å². The summed E-state index contributed by atoms with van der Waals surface area (Å²) in [4.78, 5) is 9.01. The molecule has 1 atom stereocenters. The third kappa shape index (κ3) is 2.54. The number of hydrogen-bond acceptors (Lipinski definition) is 3. The molecule has 2 N–H and O–H groups in total. The summed E-state index contributed by atoms with van der Waals surface area (Å²) in [6.07, 6.45) is 5.69. The lowest BCUT2D eigenvalue weighted by molar-refractivity contribution is 0.575. The SMILES string of the molecule is CCCc1nc2ccccc2n1C(CN)c1cccnc1. The van der Waals surface area contributed by atoms with Gasteiger partial charge < -0.3 is 10.3 Å². The van der Waals surface area contributed by atoms with Gasteiger partial charge in [-0.1, -0.05) is 25.1 Å². The van der Waals surface area contributed by atoms with Crippen LogP contribution in [0.2, 0.25) is 0 Å². The quantitative estimate of drug-likeness (QED) is 0.781. The van der Waals surface area contributed by atoms with E-state index in [9.17, 15) is 0 Å². The van der Waals surface area contributed by atoms with Gasteiger partial charge in [0.15, 0.2) is 0 Å². The molecule has 0 saturated heterocycles. The smallest absolute Gasteiger partial charge is 0.110 e. The van der Waals surface area contributed by atoms with Crippen molar-refractivity contribution < 1.29 is 0 Å². The van der Waals surface area contributed by atoms with E-state index in [-0.39, 0.29) is 6.04 Å². The van der Waals surface area contributed by atoms with Crippen molar-refractivity contribution in [3.05, 3.63) is 60.2 Å². The third-order valence-electron chi connectivity index (χ3n) is 3.75. The fraction of sp³-hybridized carbons (Fsp3) is 0.294. The Bertz CT molecular complexity index is 718. The first-order valence-electron chi connectivity index (χ1n) is 7.41. The summed E-state index contributed by atoms with van der Waals surface area (Å²) in [6.45, 7) is 2.70. The number of nitrogens with zero attached hydrogens (tertiary/aromatic N) is 3. The highest BCUT2D eigenvalue weighted by atomic mass is 15.1. The number of nitrogens with two attached hydrogens (primary N) is 1. The highest BCUT2D eigenvalue weighted by Crippen LogP contribution is 2.26. The average molecular weight is 280 g/mol. The number of aryl methyl sites for hydroxylation is 1. The molecule has 0 spiro atoms. The molecule has 0 bridgehead atoms. The Morgan fingerprint density at radius 2 is 2.05 bits per heavy atom. The molecule has 3 rings (SSSR count). The first-order chi connectivity index (χ1) is 10.3. The van der Waals surface area contributed by atoms with Crippen molar-refractivity contribution in [3.63, 3.8) is 0 Å². The van der Waals surface area contributed by atoms with Crippen LogP contribution in [0.3, 0.4) is 0 Å². The van der Waals surface area contributed by atoms with Crippen LogP contribution in [0.4, 0.5) is 0 Å². The molecule has 21 heavy (non-hydrogen) atoms. The number of pyridine rings is 1. The van der Waals surface area contributed by atoms with Gasteiger partial charge in [-0.3, -0.25) is 4.98 Å². The molecule has 0 fully saturated rings. The van der Waals surface area contributed by atoms with Gasteiger partial charge in [-0.2, -0.15) is 0 Å². The van der Waals surface area contributed by atoms with Crippen molar-refractivity contribution in [3.8, 4) is 0 Å². The fourth-order valence-electron chi connectivity index (χ4n) is 2.81. The van der Waals surface area contributed by atoms with E-state index in [0.717, 1.165) is 35.3 Å². The van der Waals surface area contributed by atoms with Crippen molar-refractivity contribution in [1.82, 2.24) is 14.5 Å². The van der Waals surface area contributed by atoms with E-state index in [1.165, 1.54) is 0 Å². The first-order valence-corrected chi connectivity index (χ1v) is 7.41. The highest BCUT2D eigenvalue weighted by molar-refractivity contribution is 5.76. The van der Waals surface area contributed by atoms with Crippen LogP contribution in [0, 0.1) is 0 Å². The summed E-state index contributed by atoms with van der Waals surface area (Å²) in [6, 6.07) is 12.4. The lowest BCUT2D eigenvalue weighted by Gasteiger charge is -2.20. The minimum atomic E-state index is 0.0765. The van der Waals surface area contributed by atoms with Crippen LogP contribution < -0.4 is 5.73 Å². The van der Waals surface area contributed by atoms with Crippen molar-refractivity contribution in [2.45, 2.75) is 25.8 Å². The minimum Gasteiger partial charge on any atom is -0.328 e. The number of rotatable bonds is 5. The number of aromatic nitrogens is 3. The van der Waals surface area contributed by atoms with Gasteiger partial charge in [0.25, 0.3) is 0 Å². The Morgan fingerprint density at radius 3 is 2.76 bits per heavy atom. The number of hydrogen-bond donors (Lipinski definition) is 1. The summed E-state index contributed by atoms with van der Waals surface area (Å²) in [5, 5.41) is 0.